The Bertz CT molecular complexity index is 460. The second-order valence-corrected chi connectivity index (χ2v) is 8.86. The van der Waals surface area contributed by atoms with Gasteiger partial charge >= 0.3 is 11.8 Å². The first-order chi connectivity index (χ1) is 11.0. The summed E-state index contributed by atoms with van der Waals surface area (Å²) in [6, 6.07) is 0.262. The van der Waals surface area contributed by atoms with Gasteiger partial charge in [-0.15, -0.1) is 0 Å². The molecule has 5 saturated carbocycles. The zero-order chi connectivity index (χ0) is 16.0. The van der Waals surface area contributed by atoms with Gasteiger partial charge in [-0.3, -0.25) is 9.59 Å². The standard InChI is InChI=1S/C19H30N2O2/c1-21(16-5-3-2-4-6-16)18(23)17(22)20-19-10-13-7-14(11-19)9-15(8-13)12-19/h13-16H,2-12H2,1H3,(H,20,22). The van der Waals surface area contributed by atoms with E-state index in [0.29, 0.717) is 0 Å². The van der Waals surface area contributed by atoms with E-state index < -0.39 is 0 Å². The van der Waals surface area contributed by atoms with Crippen LogP contribution in [0.2, 0.25) is 0 Å². The summed E-state index contributed by atoms with van der Waals surface area (Å²) < 4.78 is 0. The highest BCUT2D eigenvalue weighted by Gasteiger charge is 2.52. The first-order valence-electron chi connectivity index (χ1n) is 9.64. The van der Waals surface area contributed by atoms with Crippen LogP contribution in [0.25, 0.3) is 0 Å². The maximum atomic E-state index is 12.6. The normalized spacial score (nSPS) is 39.3. The van der Waals surface area contributed by atoms with Crippen molar-refractivity contribution >= 4 is 11.8 Å². The molecule has 5 aliphatic carbocycles. The van der Waals surface area contributed by atoms with Crippen molar-refractivity contribution in [2.75, 3.05) is 7.05 Å². The van der Waals surface area contributed by atoms with Crippen molar-refractivity contribution in [1.29, 1.82) is 0 Å². The summed E-state index contributed by atoms with van der Waals surface area (Å²) in [7, 11) is 1.82. The Kier molecular flexibility index (Phi) is 3.89. The minimum Gasteiger partial charge on any atom is -0.342 e. The summed E-state index contributed by atoms with van der Waals surface area (Å²) in [4.78, 5) is 26.9. The van der Waals surface area contributed by atoms with Crippen molar-refractivity contribution in [2.24, 2.45) is 17.8 Å². The number of rotatable bonds is 2. The van der Waals surface area contributed by atoms with E-state index in [-0.39, 0.29) is 23.4 Å². The van der Waals surface area contributed by atoms with Crippen LogP contribution in [-0.2, 0) is 9.59 Å². The fraction of sp³-hybridized carbons (Fsp3) is 0.895. The summed E-state index contributed by atoms with van der Waals surface area (Å²) >= 11 is 0. The molecule has 0 aromatic heterocycles. The summed E-state index contributed by atoms with van der Waals surface area (Å²) in [6.45, 7) is 0. The first kappa shape index (κ1) is 15.5. The number of carbonyl (C=O) groups is 2. The molecule has 0 spiro atoms. The van der Waals surface area contributed by atoms with E-state index >= 15 is 0 Å². The summed E-state index contributed by atoms with van der Waals surface area (Å²) in [5.74, 6) is 1.70. The van der Waals surface area contributed by atoms with Gasteiger partial charge in [-0.1, -0.05) is 19.3 Å². The lowest BCUT2D eigenvalue weighted by Gasteiger charge is -2.56. The minimum atomic E-state index is -0.347. The molecule has 0 atom stereocenters. The summed E-state index contributed by atoms with van der Waals surface area (Å²) in [5.41, 5.74) is -0.0606. The van der Waals surface area contributed by atoms with Gasteiger partial charge in [-0.05, 0) is 69.1 Å². The van der Waals surface area contributed by atoms with E-state index in [2.05, 4.69) is 5.32 Å². The molecule has 0 aliphatic heterocycles. The van der Waals surface area contributed by atoms with E-state index in [9.17, 15) is 9.59 Å². The third-order valence-electron chi connectivity index (χ3n) is 7.05. The van der Waals surface area contributed by atoms with Gasteiger partial charge in [-0.2, -0.15) is 0 Å². The molecule has 4 nitrogen and oxygen atoms in total. The molecule has 0 saturated heterocycles. The van der Waals surface area contributed by atoms with Crippen LogP contribution < -0.4 is 5.32 Å². The Morgan fingerprint density at radius 1 is 0.913 bits per heavy atom. The van der Waals surface area contributed by atoms with Crippen LogP contribution in [0.4, 0.5) is 0 Å². The van der Waals surface area contributed by atoms with Crippen LogP contribution in [-0.4, -0.2) is 35.3 Å². The highest BCUT2D eigenvalue weighted by Crippen LogP contribution is 2.55. The fourth-order valence-electron chi connectivity index (χ4n) is 6.35. The predicted molar refractivity (Wildman–Crippen MR) is 88.7 cm³/mol. The molecule has 0 aromatic rings. The highest BCUT2D eigenvalue weighted by molar-refractivity contribution is 6.35. The second kappa shape index (κ2) is 5.78. The SMILES string of the molecule is CN(C(=O)C(=O)NC12CC3CC(CC(C3)C1)C2)C1CCCCC1. The first-order valence-corrected chi connectivity index (χ1v) is 9.64. The van der Waals surface area contributed by atoms with Crippen molar-refractivity contribution < 1.29 is 9.59 Å². The molecule has 0 unspecified atom stereocenters. The third kappa shape index (κ3) is 2.89. The number of hydrogen-bond acceptors (Lipinski definition) is 2. The number of likely N-dealkylation sites (N-methyl/N-ethyl adjacent to an activating group) is 1. The van der Waals surface area contributed by atoms with Crippen LogP contribution in [0.3, 0.4) is 0 Å². The van der Waals surface area contributed by atoms with Crippen LogP contribution >= 0.6 is 0 Å². The maximum Gasteiger partial charge on any atom is 0.311 e. The molecule has 23 heavy (non-hydrogen) atoms. The zero-order valence-electron chi connectivity index (χ0n) is 14.4. The van der Waals surface area contributed by atoms with Crippen LogP contribution in [0.5, 0.6) is 0 Å². The van der Waals surface area contributed by atoms with E-state index in [1.54, 1.807) is 4.90 Å². The fourth-order valence-corrected chi connectivity index (χ4v) is 6.35. The van der Waals surface area contributed by atoms with E-state index in [1.165, 1.54) is 38.5 Å². The number of amides is 2. The third-order valence-corrected chi connectivity index (χ3v) is 7.05. The molecule has 0 radical (unpaired) electrons. The largest absolute Gasteiger partial charge is 0.342 e. The van der Waals surface area contributed by atoms with Crippen molar-refractivity contribution in [3.05, 3.63) is 0 Å². The van der Waals surface area contributed by atoms with Gasteiger partial charge in [-0.25, -0.2) is 0 Å². The van der Waals surface area contributed by atoms with Gasteiger partial charge in [0, 0.05) is 18.6 Å². The average molecular weight is 318 g/mol. The molecule has 0 heterocycles. The molecule has 5 rings (SSSR count). The summed E-state index contributed by atoms with van der Waals surface area (Å²) in [5, 5.41) is 3.21. The van der Waals surface area contributed by atoms with Gasteiger partial charge in [0.25, 0.3) is 0 Å². The Morgan fingerprint density at radius 3 is 1.96 bits per heavy atom. The lowest BCUT2D eigenvalue weighted by Crippen LogP contribution is -2.62. The zero-order valence-corrected chi connectivity index (χ0v) is 14.4. The van der Waals surface area contributed by atoms with Crippen molar-refractivity contribution in [1.82, 2.24) is 10.2 Å². The van der Waals surface area contributed by atoms with E-state index in [0.717, 1.165) is 49.9 Å². The van der Waals surface area contributed by atoms with Crippen molar-refractivity contribution in [3.8, 4) is 0 Å². The van der Waals surface area contributed by atoms with Crippen LogP contribution in [0, 0.1) is 17.8 Å². The lowest BCUT2D eigenvalue weighted by atomic mass is 9.53. The molecule has 0 aromatic carbocycles. The molecular weight excluding hydrogens is 288 g/mol. The molecule has 1 N–H and O–H groups in total. The van der Waals surface area contributed by atoms with Crippen LogP contribution in [0.15, 0.2) is 0 Å². The van der Waals surface area contributed by atoms with Gasteiger partial charge in [0.1, 0.15) is 0 Å². The van der Waals surface area contributed by atoms with E-state index in [1.807, 2.05) is 7.05 Å². The summed E-state index contributed by atoms with van der Waals surface area (Å²) in [6.07, 6.45) is 13.1. The number of nitrogens with zero attached hydrogens (tertiary/aromatic N) is 1. The van der Waals surface area contributed by atoms with Crippen molar-refractivity contribution in [3.63, 3.8) is 0 Å². The quantitative estimate of drug-likeness (QED) is 0.796. The predicted octanol–water partition coefficient (Wildman–Crippen LogP) is 2.86. The Labute approximate surface area is 139 Å². The molecule has 128 valence electrons. The number of carbonyl (C=O) groups excluding carboxylic acids is 2. The molecule has 4 heteroatoms. The number of hydrogen-bond donors (Lipinski definition) is 1. The van der Waals surface area contributed by atoms with Crippen molar-refractivity contribution in [2.45, 2.75) is 82.2 Å². The Balaban J connectivity index is 1.40. The molecule has 2 amide bonds. The van der Waals surface area contributed by atoms with Gasteiger partial charge in [0.15, 0.2) is 0 Å². The van der Waals surface area contributed by atoms with Gasteiger partial charge < -0.3 is 10.2 Å². The molecule has 4 bridgehead atoms. The smallest absolute Gasteiger partial charge is 0.311 e. The van der Waals surface area contributed by atoms with Crippen LogP contribution in [0.1, 0.15) is 70.6 Å². The molecule has 5 aliphatic rings. The van der Waals surface area contributed by atoms with Gasteiger partial charge in [0.2, 0.25) is 0 Å². The number of nitrogens with one attached hydrogen (secondary N) is 1. The monoisotopic (exact) mass is 318 g/mol. The average Bonchev–Trinajstić information content (AvgIpc) is 2.52. The second-order valence-electron chi connectivity index (χ2n) is 8.86. The topological polar surface area (TPSA) is 49.4 Å². The minimum absolute atomic E-state index is 0.0606. The maximum absolute atomic E-state index is 12.6. The Hall–Kier alpha value is -1.06. The van der Waals surface area contributed by atoms with Gasteiger partial charge in [0.05, 0.1) is 0 Å². The Morgan fingerprint density at radius 2 is 1.43 bits per heavy atom. The molecular formula is C19H30N2O2. The highest BCUT2D eigenvalue weighted by atomic mass is 16.2. The lowest BCUT2D eigenvalue weighted by molar-refractivity contribution is -0.149. The van der Waals surface area contributed by atoms with E-state index in [4.69, 9.17) is 0 Å². The molecule has 5 fully saturated rings.